The van der Waals surface area contributed by atoms with Crippen LogP contribution in [0, 0.1) is 0 Å². The summed E-state index contributed by atoms with van der Waals surface area (Å²) in [4.78, 5) is 16.3. The van der Waals surface area contributed by atoms with E-state index in [-0.39, 0.29) is 12.1 Å². The summed E-state index contributed by atoms with van der Waals surface area (Å²) in [5, 5.41) is 0. The number of carbonyl (C=O) groups excluding carboxylic acids is 1. The maximum atomic E-state index is 11.7. The minimum atomic E-state index is -0.322. The third-order valence-electron chi connectivity index (χ3n) is 3.74. The fraction of sp³-hybridized carbons (Fsp3) is 0.579. The molecular weight excluding hydrogens is 304 g/mol. The van der Waals surface area contributed by atoms with Gasteiger partial charge in [0.2, 0.25) is 0 Å². The minimum absolute atomic E-state index is 0.263. The number of esters is 1. The van der Waals surface area contributed by atoms with Crippen LogP contribution in [0.5, 0.6) is 0 Å². The number of nitrogens with zero attached hydrogens (tertiary/aromatic N) is 2. The van der Waals surface area contributed by atoms with E-state index in [0.29, 0.717) is 5.56 Å². The number of carbonyl (C=O) groups is 1. The van der Waals surface area contributed by atoms with Crippen molar-refractivity contribution in [1.29, 1.82) is 0 Å². The van der Waals surface area contributed by atoms with Gasteiger partial charge in [-0.3, -0.25) is 0 Å². The topological polar surface area (TPSA) is 53.3 Å². The Labute approximate surface area is 145 Å². The number of fused-ring (bicyclic) bond motifs is 1. The van der Waals surface area contributed by atoms with Crippen molar-refractivity contribution in [2.24, 2.45) is 0 Å². The van der Waals surface area contributed by atoms with Gasteiger partial charge in [-0.25, -0.2) is 9.78 Å². The lowest BCUT2D eigenvalue weighted by molar-refractivity contribution is -0.0589. The van der Waals surface area contributed by atoms with E-state index in [1.54, 1.807) is 6.07 Å². The van der Waals surface area contributed by atoms with E-state index in [1.165, 1.54) is 7.11 Å². The Balaban J connectivity index is 0.000000671. The Hall–Kier alpha value is -1.88. The van der Waals surface area contributed by atoms with Crippen molar-refractivity contribution in [3.8, 4) is 0 Å². The summed E-state index contributed by atoms with van der Waals surface area (Å²) in [6.45, 7) is 11.7. The van der Waals surface area contributed by atoms with E-state index in [2.05, 4.69) is 16.5 Å². The summed E-state index contributed by atoms with van der Waals surface area (Å²) in [6, 6.07) is 5.48. The highest BCUT2D eigenvalue weighted by Gasteiger charge is 2.21. The molecule has 0 saturated carbocycles. The normalized spacial score (nSPS) is 15.5. The largest absolute Gasteiger partial charge is 0.465 e. The quantitative estimate of drug-likeness (QED) is 0.785. The Morgan fingerprint density at radius 1 is 1.33 bits per heavy atom. The van der Waals surface area contributed by atoms with Crippen LogP contribution in [-0.2, 0) is 22.4 Å². The third-order valence-corrected chi connectivity index (χ3v) is 3.74. The lowest BCUT2D eigenvalue weighted by Crippen LogP contribution is -2.31. The molecule has 0 amide bonds. The number of methoxy groups -OCH3 is 1. The molecule has 5 heteroatoms. The first-order valence-electron chi connectivity index (χ1n) is 8.92. The molecule has 1 aromatic heterocycles. The predicted octanol–water partition coefficient (Wildman–Crippen LogP) is 4.23. The molecule has 24 heavy (non-hydrogen) atoms. The zero-order valence-electron chi connectivity index (χ0n) is 15.8. The number of ether oxygens (including phenoxy) is 2. The van der Waals surface area contributed by atoms with Crippen LogP contribution in [0.3, 0.4) is 0 Å². The van der Waals surface area contributed by atoms with Crippen molar-refractivity contribution in [3.63, 3.8) is 0 Å². The molecular formula is C19H30N2O3. The van der Waals surface area contributed by atoms with Gasteiger partial charge in [0.15, 0.2) is 0 Å². The maximum Gasteiger partial charge on any atom is 0.337 e. The van der Waals surface area contributed by atoms with E-state index in [4.69, 9.17) is 9.47 Å². The molecule has 2 aromatic rings. The highest BCUT2D eigenvalue weighted by Crippen LogP contribution is 2.22. The fourth-order valence-electron chi connectivity index (χ4n) is 2.52. The fourth-order valence-corrected chi connectivity index (χ4v) is 2.52. The maximum absolute atomic E-state index is 11.7. The number of hydrogen-bond acceptors (Lipinski definition) is 4. The molecule has 1 saturated heterocycles. The summed E-state index contributed by atoms with van der Waals surface area (Å²) < 4.78 is 12.4. The monoisotopic (exact) mass is 334 g/mol. The van der Waals surface area contributed by atoms with Gasteiger partial charge in [-0.05, 0) is 24.6 Å². The average Bonchev–Trinajstić information content (AvgIpc) is 2.97. The molecule has 0 radical (unpaired) electrons. The Kier molecular flexibility index (Phi) is 8.47. The molecule has 0 aliphatic carbocycles. The smallest absolute Gasteiger partial charge is 0.337 e. The minimum Gasteiger partial charge on any atom is -0.465 e. The van der Waals surface area contributed by atoms with E-state index in [1.807, 2.05) is 39.8 Å². The van der Waals surface area contributed by atoms with Gasteiger partial charge in [0.25, 0.3) is 0 Å². The van der Waals surface area contributed by atoms with Crippen molar-refractivity contribution >= 4 is 17.0 Å². The van der Waals surface area contributed by atoms with E-state index in [0.717, 1.165) is 42.9 Å². The van der Waals surface area contributed by atoms with Gasteiger partial charge in [-0.15, -0.1) is 0 Å². The zero-order chi connectivity index (χ0) is 18.1. The molecule has 134 valence electrons. The number of imidazole rings is 1. The van der Waals surface area contributed by atoms with Crippen LogP contribution in [-0.4, -0.2) is 35.3 Å². The van der Waals surface area contributed by atoms with Gasteiger partial charge in [-0.2, -0.15) is 0 Å². The average molecular weight is 334 g/mol. The molecule has 2 heterocycles. The van der Waals surface area contributed by atoms with Crippen LogP contribution in [0.15, 0.2) is 18.2 Å². The van der Waals surface area contributed by atoms with Crippen LogP contribution in [0.2, 0.25) is 0 Å². The molecule has 1 aromatic carbocycles. The molecule has 1 atom stereocenters. The van der Waals surface area contributed by atoms with E-state index >= 15 is 0 Å². The van der Waals surface area contributed by atoms with Crippen LogP contribution in [0.1, 0.15) is 57.2 Å². The van der Waals surface area contributed by atoms with Gasteiger partial charge in [-0.1, -0.05) is 34.6 Å². The van der Waals surface area contributed by atoms with Gasteiger partial charge < -0.3 is 14.0 Å². The molecule has 1 unspecified atom stereocenters. The van der Waals surface area contributed by atoms with Gasteiger partial charge in [0.1, 0.15) is 5.82 Å². The molecule has 1 aliphatic heterocycles. The highest BCUT2D eigenvalue weighted by molar-refractivity contribution is 5.93. The van der Waals surface area contributed by atoms with Gasteiger partial charge in [0, 0.05) is 13.0 Å². The Morgan fingerprint density at radius 3 is 2.50 bits per heavy atom. The van der Waals surface area contributed by atoms with Crippen LogP contribution in [0.4, 0.5) is 0 Å². The second-order valence-corrected chi connectivity index (χ2v) is 4.97. The van der Waals surface area contributed by atoms with Crippen molar-refractivity contribution in [2.45, 2.75) is 60.1 Å². The third kappa shape index (κ3) is 4.35. The lowest BCUT2D eigenvalue weighted by atomic mass is 10.1. The predicted molar refractivity (Wildman–Crippen MR) is 97.5 cm³/mol. The molecule has 0 spiro atoms. The van der Waals surface area contributed by atoms with Crippen molar-refractivity contribution in [1.82, 2.24) is 9.55 Å². The summed E-state index contributed by atoms with van der Waals surface area (Å²) in [7, 11) is 1.39. The zero-order valence-corrected chi connectivity index (χ0v) is 15.8. The number of aryl methyl sites for hydroxylation is 1. The van der Waals surface area contributed by atoms with Gasteiger partial charge in [0.05, 0.1) is 36.4 Å². The first-order chi connectivity index (χ1) is 11.7. The van der Waals surface area contributed by atoms with Crippen molar-refractivity contribution < 1.29 is 14.3 Å². The summed E-state index contributed by atoms with van der Waals surface area (Å²) >= 11 is 0. The molecule has 3 rings (SSSR count). The second kappa shape index (κ2) is 10.1. The molecule has 0 N–H and O–H groups in total. The van der Waals surface area contributed by atoms with E-state index in [9.17, 15) is 4.79 Å². The Morgan fingerprint density at radius 2 is 2.00 bits per heavy atom. The van der Waals surface area contributed by atoms with Crippen LogP contribution >= 0.6 is 0 Å². The first kappa shape index (κ1) is 20.2. The summed E-state index contributed by atoms with van der Waals surface area (Å²) in [5.41, 5.74) is 2.44. The second-order valence-electron chi connectivity index (χ2n) is 4.97. The highest BCUT2D eigenvalue weighted by atomic mass is 16.5. The molecule has 5 nitrogen and oxygen atoms in total. The van der Waals surface area contributed by atoms with Gasteiger partial charge >= 0.3 is 5.97 Å². The number of benzene rings is 1. The standard InChI is InChI=1S/C15H18N2O3.2C2H6/c1-3-14-16-12-5-4-10(15(18)19-2)8-13(12)17(14)9-11-6-7-20-11;2*1-2/h4-5,8,11H,3,6-7,9H2,1-2H3;2*1-2H3. The number of aromatic nitrogens is 2. The first-order valence-corrected chi connectivity index (χ1v) is 8.92. The van der Waals surface area contributed by atoms with Crippen LogP contribution < -0.4 is 0 Å². The molecule has 1 fully saturated rings. The number of hydrogen-bond donors (Lipinski definition) is 0. The summed E-state index contributed by atoms with van der Waals surface area (Å²) in [5.74, 6) is 0.704. The van der Waals surface area contributed by atoms with Crippen LogP contribution in [0.25, 0.3) is 11.0 Å². The van der Waals surface area contributed by atoms with E-state index < -0.39 is 0 Å². The SMILES string of the molecule is CC.CC.CCc1nc2ccc(C(=O)OC)cc2n1CC1CCO1. The lowest BCUT2D eigenvalue weighted by Gasteiger charge is -2.27. The number of rotatable bonds is 4. The van der Waals surface area contributed by atoms with Crippen molar-refractivity contribution in [3.05, 3.63) is 29.6 Å². The van der Waals surface area contributed by atoms with Crippen molar-refractivity contribution in [2.75, 3.05) is 13.7 Å². The summed E-state index contributed by atoms with van der Waals surface area (Å²) in [6.07, 6.45) is 2.20. The molecule has 1 aliphatic rings. The Bertz CT molecular complexity index is 645. The molecule has 0 bridgehead atoms.